The molecule has 1 heterocycles. The van der Waals surface area contributed by atoms with Crippen LogP contribution in [-0.4, -0.2) is 34.0 Å². The van der Waals surface area contributed by atoms with E-state index in [1.807, 2.05) is 35.2 Å². The Kier molecular flexibility index (Phi) is 5.84. The van der Waals surface area contributed by atoms with Crippen LogP contribution in [0.5, 0.6) is 0 Å². The van der Waals surface area contributed by atoms with Crippen LogP contribution in [0.4, 0.5) is 0 Å². The summed E-state index contributed by atoms with van der Waals surface area (Å²) in [6.45, 7) is 3.58. The predicted molar refractivity (Wildman–Crippen MR) is 79.2 cm³/mol. The molecule has 1 aromatic carbocycles. The molecule has 0 aliphatic carbocycles. The van der Waals surface area contributed by atoms with Crippen LogP contribution in [0.2, 0.25) is 0 Å². The van der Waals surface area contributed by atoms with Crippen LogP contribution >= 0.6 is 0 Å². The van der Waals surface area contributed by atoms with Gasteiger partial charge in [0.15, 0.2) is 0 Å². The maximum Gasteiger partial charge on any atom is 0.320 e. The number of rotatable bonds is 7. The topological polar surface area (TPSA) is 55.3 Å². The van der Waals surface area contributed by atoms with E-state index in [4.69, 9.17) is 4.74 Å². The molecule has 0 amide bonds. The number of nitrogens with zero attached hydrogens (tertiary/aromatic N) is 3. The summed E-state index contributed by atoms with van der Waals surface area (Å²) in [4.78, 5) is 22.1. The lowest BCUT2D eigenvalue weighted by Gasteiger charge is -2.20. The van der Waals surface area contributed by atoms with E-state index < -0.39 is 0 Å². The van der Waals surface area contributed by atoms with Crippen molar-refractivity contribution in [3.63, 3.8) is 0 Å². The first-order valence-electron chi connectivity index (χ1n) is 6.95. The zero-order valence-electron chi connectivity index (χ0n) is 12.1. The third-order valence-electron chi connectivity index (χ3n) is 2.89. The van der Waals surface area contributed by atoms with Crippen LogP contribution in [-0.2, 0) is 22.6 Å². The number of hydrogen-bond donors (Lipinski definition) is 0. The van der Waals surface area contributed by atoms with E-state index in [2.05, 4.69) is 9.97 Å². The number of carbonyl (C=O) groups is 1. The molecule has 0 aliphatic rings. The number of esters is 1. The minimum Gasteiger partial charge on any atom is -0.465 e. The molecule has 2 rings (SSSR count). The molecule has 5 nitrogen and oxygen atoms in total. The Morgan fingerprint density at radius 3 is 2.48 bits per heavy atom. The van der Waals surface area contributed by atoms with Crippen molar-refractivity contribution in [2.75, 3.05) is 13.2 Å². The van der Waals surface area contributed by atoms with Crippen molar-refractivity contribution in [2.24, 2.45) is 0 Å². The largest absolute Gasteiger partial charge is 0.465 e. The van der Waals surface area contributed by atoms with Gasteiger partial charge in [0.25, 0.3) is 0 Å². The molecule has 0 bridgehead atoms. The van der Waals surface area contributed by atoms with Crippen LogP contribution in [0.1, 0.15) is 18.3 Å². The smallest absolute Gasteiger partial charge is 0.320 e. The minimum atomic E-state index is -0.232. The molecule has 0 atom stereocenters. The lowest BCUT2D eigenvalue weighted by molar-refractivity contribution is -0.144. The van der Waals surface area contributed by atoms with E-state index in [0.717, 1.165) is 5.56 Å². The van der Waals surface area contributed by atoms with Gasteiger partial charge in [0.2, 0.25) is 0 Å². The fraction of sp³-hybridized carbons (Fsp3) is 0.312. The molecule has 1 aromatic heterocycles. The second kappa shape index (κ2) is 8.11. The van der Waals surface area contributed by atoms with Gasteiger partial charge in [-0.2, -0.15) is 0 Å². The van der Waals surface area contributed by atoms with Crippen molar-refractivity contribution in [1.82, 2.24) is 14.9 Å². The van der Waals surface area contributed by atoms with Gasteiger partial charge in [0.05, 0.1) is 19.7 Å². The maximum absolute atomic E-state index is 11.7. The van der Waals surface area contributed by atoms with Gasteiger partial charge in [-0.3, -0.25) is 9.69 Å². The second-order valence-corrected chi connectivity index (χ2v) is 4.60. The van der Waals surface area contributed by atoms with Crippen LogP contribution < -0.4 is 0 Å². The van der Waals surface area contributed by atoms with Crippen LogP contribution in [0.3, 0.4) is 0 Å². The van der Waals surface area contributed by atoms with E-state index in [1.165, 1.54) is 0 Å². The average Bonchev–Trinajstić information content (AvgIpc) is 2.49. The summed E-state index contributed by atoms with van der Waals surface area (Å²) in [5, 5.41) is 0. The monoisotopic (exact) mass is 285 g/mol. The molecule has 2 aromatic rings. The van der Waals surface area contributed by atoms with Gasteiger partial charge in [-0.1, -0.05) is 30.3 Å². The van der Waals surface area contributed by atoms with Gasteiger partial charge in [0, 0.05) is 18.9 Å². The molecule has 0 unspecified atom stereocenters. The summed E-state index contributed by atoms with van der Waals surface area (Å²) in [5.41, 5.74) is 1.14. The van der Waals surface area contributed by atoms with Gasteiger partial charge < -0.3 is 4.74 Å². The van der Waals surface area contributed by atoms with Gasteiger partial charge in [-0.05, 0) is 18.6 Å². The zero-order chi connectivity index (χ0) is 14.9. The van der Waals surface area contributed by atoms with Crippen LogP contribution in [0, 0.1) is 0 Å². The Labute approximate surface area is 124 Å². The first-order chi connectivity index (χ1) is 10.3. The normalized spacial score (nSPS) is 10.6. The highest BCUT2D eigenvalue weighted by molar-refractivity contribution is 5.71. The molecular weight excluding hydrogens is 266 g/mol. The van der Waals surface area contributed by atoms with Crippen molar-refractivity contribution in [1.29, 1.82) is 0 Å². The van der Waals surface area contributed by atoms with E-state index in [9.17, 15) is 4.79 Å². The van der Waals surface area contributed by atoms with Gasteiger partial charge in [0.1, 0.15) is 5.82 Å². The third-order valence-corrected chi connectivity index (χ3v) is 2.89. The highest BCUT2D eigenvalue weighted by Crippen LogP contribution is 2.07. The Balaban J connectivity index is 2.04. The summed E-state index contributed by atoms with van der Waals surface area (Å²) in [6.07, 6.45) is 3.40. The number of hydrogen-bond acceptors (Lipinski definition) is 5. The van der Waals surface area contributed by atoms with Crippen molar-refractivity contribution >= 4 is 5.97 Å². The molecule has 0 aliphatic heterocycles. The quantitative estimate of drug-likeness (QED) is 0.729. The van der Waals surface area contributed by atoms with Crippen LogP contribution in [0.25, 0.3) is 0 Å². The molecule has 21 heavy (non-hydrogen) atoms. The standard InChI is InChI=1S/C16H19N3O2/c1-2-21-16(20)13-19(11-14-7-4-3-5-8-14)12-15-17-9-6-10-18-15/h3-10H,2,11-13H2,1H3. The SMILES string of the molecule is CCOC(=O)CN(Cc1ccccc1)Cc1ncccn1. The Morgan fingerprint density at radius 2 is 1.81 bits per heavy atom. The lowest BCUT2D eigenvalue weighted by Crippen LogP contribution is -2.31. The summed E-state index contributed by atoms with van der Waals surface area (Å²) in [7, 11) is 0. The van der Waals surface area contributed by atoms with E-state index in [-0.39, 0.29) is 12.5 Å². The Hall–Kier alpha value is -2.27. The molecule has 110 valence electrons. The van der Waals surface area contributed by atoms with Crippen molar-refractivity contribution in [3.05, 3.63) is 60.2 Å². The molecule has 0 spiro atoms. The molecule has 0 N–H and O–H groups in total. The third kappa shape index (κ3) is 5.31. The summed E-state index contributed by atoms with van der Waals surface area (Å²) in [6, 6.07) is 11.8. The van der Waals surface area contributed by atoms with Gasteiger partial charge in [-0.25, -0.2) is 9.97 Å². The maximum atomic E-state index is 11.7. The van der Waals surface area contributed by atoms with Crippen molar-refractivity contribution in [2.45, 2.75) is 20.0 Å². The Morgan fingerprint density at radius 1 is 1.10 bits per heavy atom. The highest BCUT2D eigenvalue weighted by atomic mass is 16.5. The highest BCUT2D eigenvalue weighted by Gasteiger charge is 2.13. The summed E-state index contributed by atoms with van der Waals surface area (Å²) >= 11 is 0. The molecule has 0 saturated heterocycles. The number of ether oxygens (including phenoxy) is 1. The average molecular weight is 285 g/mol. The van der Waals surface area contributed by atoms with E-state index in [1.54, 1.807) is 25.4 Å². The fourth-order valence-corrected chi connectivity index (χ4v) is 2.01. The first-order valence-corrected chi connectivity index (χ1v) is 6.95. The summed E-state index contributed by atoms with van der Waals surface area (Å²) < 4.78 is 5.03. The van der Waals surface area contributed by atoms with Crippen LogP contribution in [0.15, 0.2) is 48.8 Å². The number of carbonyl (C=O) groups excluding carboxylic acids is 1. The first kappa shape index (κ1) is 15.1. The van der Waals surface area contributed by atoms with Crippen molar-refractivity contribution in [3.8, 4) is 0 Å². The van der Waals surface area contributed by atoms with Gasteiger partial charge >= 0.3 is 5.97 Å². The van der Waals surface area contributed by atoms with Crippen molar-refractivity contribution < 1.29 is 9.53 Å². The molecule has 0 fully saturated rings. The lowest BCUT2D eigenvalue weighted by atomic mass is 10.2. The second-order valence-electron chi connectivity index (χ2n) is 4.60. The fourth-order valence-electron chi connectivity index (χ4n) is 2.01. The molecular formula is C16H19N3O2. The molecule has 0 radical (unpaired) electrons. The summed E-state index contributed by atoms with van der Waals surface area (Å²) in [5.74, 6) is 0.460. The number of benzene rings is 1. The van der Waals surface area contributed by atoms with E-state index >= 15 is 0 Å². The minimum absolute atomic E-state index is 0.223. The Bertz CT molecular complexity index is 504. The molecule has 0 saturated carbocycles. The number of aromatic nitrogens is 2. The molecule has 5 heteroatoms. The predicted octanol–water partition coefficient (Wildman–Crippen LogP) is 2.04. The zero-order valence-corrected chi connectivity index (χ0v) is 12.1. The van der Waals surface area contributed by atoms with Gasteiger partial charge in [-0.15, -0.1) is 0 Å². The van der Waals surface area contributed by atoms with E-state index in [0.29, 0.717) is 25.5 Å².